The molecule has 0 radical (unpaired) electrons. The summed E-state index contributed by atoms with van der Waals surface area (Å²) in [6.45, 7) is 2.00. The van der Waals surface area contributed by atoms with E-state index in [1.807, 2.05) is 31.2 Å². The molecule has 2 rings (SSSR count). The number of aliphatic hydroxyl groups is 1. The zero-order valence-electron chi connectivity index (χ0n) is 10.0. The van der Waals surface area contributed by atoms with E-state index in [9.17, 15) is 5.11 Å². The van der Waals surface area contributed by atoms with Crippen LogP contribution in [0.1, 0.15) is 29.9 Å². The lowest BCUT2D eigenvalue weighted by Gasteiger charge is -2.14. The van der Waals surface area contributed by atoms with Gasteiger partial charge in [0.15, 0.2) is 0 Å². The molecule has 0 saturated heterocycles. The number of furan rings is 1. The topological polar surface area (TPSA) is 42.6 Å². The van der Waals surface area contributed by atoms with E-state index in [2.05, 4.69) is 0 Å². The number of rotatable bonds is 4. The van der Waals surface area contributed by atoms with Gasteiger partial charge in [-0.25, -0.2) is 0 Å². The molecule has 2 aromatic rings. The maximum absolute atomic E-state index is 10.4. The van der Waals surface area contributed by atoms with Gasteiger partial charge in [-0.2, -0.15) is 0 Å². The van der Waals surface area contributed by atoms with Crippen LogP contribution in [0.3, 0.4) is 0 Å². The van der Waals surface area contributed by atoms with E-state index in [0.717, 1.165) is 23.3 Å². The maximum Gasteiger partial charge on any atom is 0.125 e. The van der Waals surface area contributed by atoms with Crippen molar-refractivity contribution in [1.82, 2.24) is 0 Å². The number of methoxy groups -OCH3 is 1. The van der Waals surface area contributed by atoms with Gasteiger partial charge in [0.1, 0.15) is 17.6 Å². The van der Waals surface area contributed by atoms with Crippen molar-refractivity contribution in [3.8, 4) is 5.75 Å². The Kier molecular flexibility index (Phi) is 3.49. The summed E-state index contributed by atoms with van der Waals surface area (Å²) in [6, 6.07) is 9.26. The predicted molar refractivity (Wildman–Crippen MR) is 65.1 cm³/mol. The SMILES string of the molecule is CCc1occc1C(O)c1ccccc1OC. The maximum atomic E-state index is 10.4. The summed E-state index contributed by atoms with van der Waals surface area (Å²) in [5.41, 5.74) is 1.56. The molecule has 0 aliphatic carbocycles. The first-order chi connectivity index (χ1) is 8.27. The van der Waals surface area contributed by atoms with Crippen molar-refractivity contribution in [3.63, 3.8) is 0 Å². The second kappa shape index (κ2) is 5.06. The fraction of sp³-hybridized carbons (Fsp3) is 0.286. The minimum Gasteiger partial charge on any atom is -0.496 e. The molecule has 0 aliphatic heterocycles. The second-order valence-corrected chi connectivity index (χ2v) is 3.80. The first kappa shape index (κ1) is 11.7. The van der Waals surface area contributed by atoms with Crippen molar-refractivity contribution >= 4 is 0 Å². The zero-order chi connectivity index (χ0) is 12.3. The van der Waals surface area contributed by atoms with E-state index >= 15 is 0 Å². The predicted octanol–water partition coefficient (Wildman–Crippen LogP) is 2.93. The molecular formula is C14H16O3. The molecule has 17 heavy (non-hydrogen) atoms. The number of ether oxygens (including phenoxy) is 1. The summed E-state index contributed by atoms with van der Waals surface area (Å²) in [6.07, 6.45) is 1.65. The summed E-state index contributed by atoms with van der Waals surface area (Å²) < 4.78 is 10.6. The molecule has 1 aromatic heterocycles. The highest BCUT2D eigenvalue weighted by Gasteiger charge is 2.19. The first-order valence-corrected chi connectivity index (χ1v) is 5.65. The Morgan fingerprint density at radius 2 is 2.00 bits per heavy atom. The Morgan fingerprint density at radius 3 is 2.71 bits per heavy atom. The summed E-state index contributed by atoms with van der Waals surface area (Å²) in [5, 5.41) is 10.4. The van der Waals surface area contributed by atoms with Crippen LogP contribution in [0.5, 0.6) is 5.75 Å². The summed E-state index contributed by atoms with van der Waals surface area (Å²) in [5.74, 6) is 1.49. The van der Waals surface area contributed by atoms with Crippen molar-refractivity contribution in [2.24, 2.45) is 0 Å². The molecule has 0 bridgehead atoms. The number of hydrogen-bond donors (Lipinski definition) is 1. The standard InChI is InChI=1S/C14H16O3/c1-3-12-11(8-9-17-12)14(15)10-6-4-5-7-13(10)16-2/h4-9,14-15H,3H2,1-2H3. The van der Waals surface area contributed by atoms with E-state index < -0.39 is 6.10 Å². The van der Waals surface area contributed by atoms with Crippen LogP contribution in [0.25, 0.3) is 0 Å². The minimum absolute atomic E-state index is 0.684. The van der Waals surface area contributed by atoms with Crippen molar-refractivity contribution in [1.29, 1.82) is 0 Å². The third-order valence-corrected chi connectivity index (χ3v) is 2.83. The molecule has 0 fully saturated rings. The molecule has 1 unspecified atom stereocenters. The van der Waals surface area contributed by atoms with Crippen LogP contribution in [-0.2, 0) is 6.42 Å². The van der Waals surface area contributed by atoms with Gasteiger partial charge in [0.05, 0.1) is 13.4 Å². The number of para-hydroxylation sites is 1. The Labute approximate surface area is 101 Å². The molecule has 0 aliphatic rings. The van der Waals surface area contributed by atoms with Gasteiger partial charge in [0.2, 0.25) is 0 Å². The molecule has 0 spiro atoms. The quantitative estimate of drug-likeness (QED) is 0.881. The van der Waals surface area contributed by atoms with Crippen LogP contribution in [0.15, 0.2) is 41.0 Å². The highest BCUT2D eigenvalue weighted by atomic mass is 16.5. The minimum atomic E-state index is -0.708. The zero-order valence-corrected chi connectivity index (χ0v) is 10.0. The fourth-order valence-electron chi connectivity index (χ4n) is 1.94. The van der Waals surface area contributed by atoms with Crippen LogP contribution in [0.4, 0.5) is 0 Å². The molecule has 0 amide bonds. The van der Waals surface area contributed by atoms with Crippen molar-refractivity contribution in [3.05, 3.63) is 53.5 Å². The molecule has 1 aromatic carbocycles. The van der Waals surface area contributed by atoms with Crippen molar-refractivity contribution < 1.29 is 14.3 Å². The summed E-state index contributed by atoms with van der Waals surface area (Å²) in [7, 11) is 1.60. The Hall–Kier alpha value is -1.74. The van der Waals surface area contributed by atoms with Gasteiger partial charge in [-0.05, 0) is 12.1 Å². The Morgan fingerprint density at radius 1 is 1.24 bits per heavy atom. The van der Waals surface area contributed by atoms with E-state index in [1.165, 1.54) is 0 Å². The van der Waals surface area contributed by atoms with Gasteiger partial charge in [0, 0.05) is 17.5 Å². The van der Waals surface area contributed by atoms with E-state index in [1.54, 1.807) is 19.4 Å². The van der Waals surface area contributed by atoms with Crippen LogP contribution < -0.4 is 4.74 Å². The molecule has 90 valence electrons. The van der Waals surface area contributed by atoms with Crippen molar-refractivity contribution in [2.45, 2.75) is 19.4 Å². The van der Waals surface area contributed by atoms with Crippen LogP contribution in [0, 0.1) is 0 Å². The average Bonchev–Trinajstić information content (AvgIpc) is 2.86. The molecule has 0 saturated carbocycles. The number of aryl methyl sites for hydroxylation is 1. The molecule has 1 atom stereocenters. The molecule has 1 N–H and O–H groups in total. The normalized spacial score (nSPS) is 12.4. The molecule has 3 nitrogen and oxygen atoms in total. The highest BCUT2D eigenvalue weighted by molar-refractivity contribution is 5.40. The average molecular weight is 232 g/mol. The monoisotopic (exact) mass is 232 g/mol. The van der Waals surface area contributed by atoms with E-state index in [-0.39, 0.29) is 0 Å². The van der Waals surface area contributed by atoms with Crippen molar-refractivity contribution in [2.75, 3.05) is 7.11 Å². The van der Waals surface area contributed by atoms with Gasteiger partial charge in [-0.3, -0.25) is 0 Å². The lowest BCUT2D eigenvalue weighted by atomic mass is 10.0. The molecule has 1 heterocycles. The Bertz CT molecular complexity index is 488. The van der Waals surface area contributed by atoms with Crippen LogP contribution in [0.2, 0.25) is 0 Å². The van der Waals surface area contributed by atoms with Crippen LogP contribution >= 0.6 is 0 Å². The van der Waals surface area contributed by atoms with Gasteiger partial charge in [-0.15, -0.1) is 0 Å². The number of benzene rings is 1. The molecular weight excluding hydrogens is 216 g/mol. The Balaban J connectivity index is 2.40. The molecule has 3 heteroatoms. The lowest BCUT2D eigenvalue weighted by molar-refractivity contribution is 0.212. The highest BCUT2D eigenvalue weighted by Crippen LogP contribution is 2.31. The summed E-state index contributed by atoms with van der Waals surface area (Å²) >= 11 is 0. The van der Waals surface area contributed by atoms with E-state index in [4.69, 9.17) is 9.15 Å². The second-order valence-electron chi connectivity index (χ2n) is 3.80. The van der Waals surface area contributed by atoms with Gasteiger partial charge in [-0.1, -0.05) is 25.1 Å². The first-order valence-electron chi connectivity index (χ1n) is 5.65. The van der Waals surface area contributed by atoms with Gasteiger partial charge < -0.3 is 14.3 Å². The smallest absolute Gasteiger partial charge is 0.125 e. The summed E-state index contributed by atoms with van der Waals surface area (Å²) in [4.78, 5) is 0. The third kappa shape index (κ3) is 2.19. The van der Waals surface area contributed by atoms with Gasteiger partial charge in [0.25, 0.3) is 0 Å². The number of aliphatic hydroxyl groups excluding tert-OH is 1. The third-order valence-electron chi connectivity index (χ3n) is 2.83. The van der Waals surface area contributed by atoms with Crippen LogP contribution in [-0.4, -0.2) is 12.2 Å². The largest absolute Gasteiger partial charge is 0.496 e. The number of hydrogen-bond acceptors (Lipinski definition) is 3. The van der Waals surface area contributed by atoms with E-state index in [0.29, 0.717) is 5.75 Å². The lowest BCUT2D eigenvalue weighted by Crippen LogP contribution is -2.03. The van der Waals surface area contributed by atoms with Gasteiger partial charge >= 0.3 is 0 Å². The fourth-order valence-corrected chi connectivity index (χ4v) is 1.94.